The first-order valence-electron chi connectivity index (χ1n) is 9.11. The molecular weight excluding hydrogens is 376 g/mol. The Morgan fingerprint density at radius 2 is 2.04 bits per heavy atom. The number of hydrogen-bond acceptors (Lipinski definition) is 7. The molecule has 1 fully saturated rings. The van der Waals surface area contributed by atoms with E-state index < -0.39 is 5.41 Å². The highest BCUT2D eigenvalue weighted by molar-refractivity contribution is 7.17. The van der Waals surface area contributed by atoms with Gasteiger partial charge in [0.25, 0.3) is 0 Å². The SMILES string of the molecule is COc1ccc(-c2csc3ncnc(NCC4(C(N)=O)CCOCC4)c23)cc1. The molecule has 4 rings (SSSR count). The van der Waals surface area contributed by atoms with Gasteiger partial charge in [-0.15, -0.1) is 11.3 Å². The van der Waals surface area contributed by atoms with Crippen LogP contribution in [0.4, 0.5) is 5.82 Å². The number of carbonyl (C=O) groups is 1. The molecule has 0 radical (unpaired) electrons. The second-order valence-corrected chi connectivity index (χ2v) is 7.75. The van der Waals surface area contributed by atoms with E-state index in [-0.39, 0.29) is 5.91 Å². The van der Waals surface area contributed by atoms with Crippen molar-refractivity contribution < 1.29 is 14.3 Å². The summed E-state index contributed by atoms with van der Waals surface area (Å²) in [5.74, 6) is 1.22. The van der Waals surface area contributed by atoms with E-state index in [4.69, 9.17) is 15.2 Å². The highest BCUT2D eigenvalue weighted by Crippen LogP contribution is 2.38. The van der Waals surface area contributed by atoms with Crippen LogP contribution in [0.1, 0.15) is 12.8 Å². The number of carbonyl (C=O) groups excluding carboxylic acids is 1. The van der Waals surface area contributed by atoms with Crippen LogP contribution in [0.5, 0.6) is 5.75 Å². The zero-order chi connectivity index (χ0) is 19.6. The minimum Gasteiger partial charge on any atom is -0.497 e. The fourth-order valence-electron chi connectivity index (χ4n) is 3.52. The number of methoxy groups -OCH3 is 1. The molecule has 0 spiro atoms. The largest absolute Gasteiger partial charge is 0.497 e. The quantitative estimate of drug-likeness (QED) is 0.662. The number of nitrogens with one attached hydrogen (secondary N) is 1. The number of nitrogens with zero attached hydrogens (tertiary/aromatic N) is 2. The third-order valence-electron chi connectivity index (χ3n) is 5.34. The fourth-order valence-corrected chi connectivity index (χ4v) is 4.43. The van der Waals surface area contributed by atoms with Crippen molar-refractivity contribution >= 4 is 33.3 Å². The average molecular weight is 398 g/mol. The van der Waals surface area contributed by atoms with Crippen molar-refractivity contribution in [1.29, 1.82) is 0 Å². The molecule has 7 nitrogen and oxygen atoms in total. The predicted octanol–water partition coefficient (Wildman–Crippen LogP) is 3.06. The summed E-state index contributed by atoms with van der Waals surface area (Å²) in [6.07, 6.45) is 2.76. The van der Waals surface area contributed by atoms with Gasteiger partial charge in [0.15, 0.2) is 0 Å². The fraction of sp³-hybridized carbons (Fsp3) is 0.350. The Morgan fingerprint density at radius 3 is 2.71 bits per heavy atom. The first-order valence-corrected chi connectivity index (χ1v) is 9.99. The van der Waals surface area contributed by atoms with Gasteiger partial charge in [-0.1, -0.05) is 12.1 Å². The van der Waals surface area contributed by atoms with E-state index in [0.717, 1.165) is 27.1 Å². The third kappa shape index (κ3) is 3.41. The lowest BCUT2D eigenvalue weighted by Gasteiger charge is -2.34. The smallest absolute Gasteiger partial charge is 0.225 e. The number of rotatable bonds is 6. The molecule has 146 valence electrons. The van der Waals surface area contributed by atoms with E-state index in [1.807, 2.05) is 24.3 Å². The molecule has 28 heavy (non-hydrogen) atoms. The molecule has 1 aliphatic heterocycles. The summed E-state index contributed by atoms with van der Waals surface area (Å²) in [4.78, 5) is 21.9. The molecule has 1 aromatic carbocycles. The average Bonchev–Trinajstić information content (AvgIpc) is 3.18. The molecule has 3 aromatic rings. The number of anilines is 1. The summed E-state index contributed by atoms with van der Waals surface area (Å²) in [5.41, 5.74) is 7.21. The van der Waals surface area contributed by atoms with Crippen LogP contribution in [-0.4, -0.2) is 42.7 Å². The van der Waals surface area contributed by atoms with E-state index >= 15 is 0 Å². The first kappa shape index (κ1) is 18.6. The highest BCUT2D eigenvalue weighted by Gasteiger charge is 2.38. The lowest BCUT2D eigenvalue weighted by molar-refractivity contribution is -0.132. The monoisotopic (exact) mass is 398 g/mol. The van der Waals surface area contributed by atoms with Crippen LogP contribution in [0.15, 0.2) is 36.0 Å². The Bertz CT molecular complexity index is 981. The van der Waals surface area contributed by atoms with Crippen LogP contribution < -0.4 is 15.8 Å². The minimum atomic E-state index is -0.619. The number of amides is 1. The van der Waals surface area contributed by atoms with Gasteiger partial charge in [0.2, 0.25) is 5.91 Å². The summed E-state index contributed by atoms with van der Waals surface area (Å²) in [7, 11) is 1.65. The number of hydrogen-bond donors (Lipinski definition) is 2. The molecule has 0 bridgehead atoms. The maximum atomic E-state index is 12.1. The van der Waals surface area contributed by atoms with E-state index in [9.17, 15) is 4.79 Å². The van der Waals surface area contributed by atoms with Crippen molar-refractivity contribution in [2.24, 2.45) is 11.1 Å². The van der Waals surface area contributed by atoms with Gasteiger partial charge in [0, 0.05) is 30.7 Å². The molecule has 1 amide bonds. The molecule has 8 heteroatoms. The third-order valence-corrected chi connectivity index (χ3v) is 6.22. The number of fused-ring (bicyclic) bond motifs is 1. The van der Waals surface area contributed by atoms with Gasteiger partial charge in [-0.3, -0.25) is 4.79 Å². The summed E-state index contributed by atoms with van der Waals surface area (Å²) in [6, 6.07) is 7.89. The van der Waals surface area contributed by atoms with Gasteiger partial charge >= 0.3 is 0 Å². The van der Waals surface area contributed by atoms with Gasteiger partial charge in [0.05, 0.1) is 17.9 Å². The molecule has 0 saturated carbocycles. The van der Waals surface area contributed by atoms with Crippen molar-refractivity contribution in [3.8, 4) is 16.9 Å². The van der Waals surface area contributed by atoms with Crippen LogP contribution >= 0.6 is 11.3 Å². The standard InChI is InChI=1S/C20H22N4O3S/c1-26-14-4-2-13(3-5-14)15-10-28-18-16(15)17(23-12-24-18)22-11-20(19(21)25)6-8-27-9-7-20/h2-5,10,12H,6-9,11H2,1H3,(H2,21,25)(H,22,23,24). The molecule has 0 atom stereocenters. The van der Waals surface area contributed by atoms with Crippen molar-refractivity contribution in [2.45, 2.75) is 12.8 Å². The summed E-state index contributed by atoms with van der Waals surface area (Å²) in [6.45, 7) is 1.51. The zero-order valence-corrected chi connectivity index (χ0v) is 16.4. The molecule has 1 aliphatic rings. The van der Waals surface area contributed by atoms with Gasteiger partial charge in [-0.2, -0.15) is 0 Å². The van der Waals surface area contributed by atoms with Crippen molar-refractivity contribution in [3.63, 3.8) is 0 Å². The van der Waals surface area contributed by atoms with Gasteiger partial charge in [-0.05, 0) is 30.5 Å². The predicted molar refractivity (Wildman–Crippen MR) is 110 cm³/mol. The van der Waals surface area contributed by atoms with Gasteiger partial charge in [-0.25, -0.2) is 9.97 Å². The molecule has 0 aliphatic carbocycles. The Hall–Kier alpha value is -2.71. The molecule has 3 N–H and O–H groups in total. The summed E-state index contributed by atoms with van der Waals surface area (Å²) < 4.78 is 10.7. The Labute approximate surface area is 166 Å². The number of nitrogens with two attached hydrogens (primary N) is 1. The maximum Gasteiger partial charge on any atom is 0.225 e. The highest BCUT2D eigenvalue weighted by atomic mass is 32.1. The first-order chi connectivity index (χ1) is 13.6. The lowest BCUT2D eigenvalue weighted by atomic mass is 9.79. The van der Waals surface area contributed by atoms with Crippen LogP contribution in [-0.2, 0) is 9.53 Å². The van der Waals surface area contributed by atoms with Gasteiger partial charge < -0.3 is 20.5 Å². The number of ether oxygens (including phenoxy) is 2. The number of aromatic nitrogens is 2. The second-order valence-electron chi connectivity index (χ2n) is 6.89. The second kappa shape index (κ2) is 7.73. The van der Waals surface area contributed by atoms with Crippen LogP contribution in [0, 0.1) is 5.41 Å². The molecular formula is C20H22N4O3S. The lowest BCUT2D eigenvalue weighted by Crippen LogP contribution is -2.46. The topological polar surface area (TPSA) is 99.4 Å². The molecule has 2 aromatic heterocycles. The molecule has 3 heterocycles. The Morgan fingerprint density at radius 1 is 1.29 bits per heavy atom. The van der Waals surface area contributed by atoms with Crippen LogP contribution in [0.25, 0.3) is 21.3 Å². The normalized spacial score (nSPS) is 16.0. The minimum absolute atomic E-state index is 0.297. The van der Waals surface area contributed by atoms with E-state index in [1.165, 1.54) is 0 Å². The Kier molecular flexibility index (Phi) is 5.15. The zero-order valence-electron chi connectivity index (χ0n) is 15.6. The maximum absolute atomic E-state index is 12.1. The number of benzene rings is 1. The van der Waals surface area contributed by atoms with E-state index in [1.54, 1.807) is 24.8 Å². The van der Waals surface area contributed by atoms with Crippen LogP contribution in [0.3, 0.4) is 0 Å². The summed E-state index contributed by atoms with van der Waals surface area (Å²) in [5, 5.41) is 6.40. The van der Waals surface area contributed by atoms with Crippen molar-refractivity contribution in [1.82, 2.24) is 9.97 Å². The van der Waals surface area contributed by atoms with E-state index in [0.29, 0.717) is 38.4 Å². The molecule has 1 saturated heterocycles. The van der Waals surface area contributed by atoms with Crippen LogP contribution in [0.2, 0.25) is 0 Å². The summed E-state index contributed by atoms with van der Waals surface area (Å²) >= 11 is 1.57. The van der Waals surface area contributed by atoms with Gasteiger partial charge in [0.1, 0.15) is 22.7 Å². The van der Waals surface area contributed by atoms with Crippen molar-refractivity contribution in [3.05, 3.63) is 36.0 Å². The Balaban J connectivity index is 1.67. The number of primary amides is 1. The van der Waals surface area contributed by atoms with E-state index in [2.05, 4.69) is 20.7 Å². The molecule has 0 unspecified atom stereocenters. The number of thiophene rings is 1. The van der Waals surface area contributed by atoms with Crippen molar-refractivity contribution in [2.75, 3.05) is 32.2 Å².